The molecule has 6 heteroatoms. The van der Waals surface area contributed by atoms with E-state index in [-0.39, 0.29) is 6.29 Å². The van der Waals surface area contributed by atoms with Crippen LogP contribution in [0, 0.1) is 0 Å². The fraction of sp³-hybridized carbons (Fsp3) is 1.00. The summed E-state index contributed by atoms with van der Waals surface area (Å²) < 4.78 is 28.1. The molecule has 1 rings (SSSR count). The van der Waals surface area contributed by atoms with Crippen LogP contribution in [0.1, 0.15) is 40.0 Å². The Morgan fingerprint density at radius 2 is 1.58 bits per heavy atom. The second-order valence-corrected chi connectivity index (χ2v) is 7.13. The summed E-state index contributed by atoms with van der Waals surface area (Å²) >= 11 is 0. The van der Waals surface area contributed by atoms with Gasteiger partial charge in [-0.05, 0) is 33.6 Å². The zero-order chi connectivity index (χ0) is 14.0. The Kier molecular flexibility index (Phi) is 8.85. The van der Waals surface area contributed by atoms with Crippen LogP contribution in [0.3, 0.4) is 0 Å². The minimum Gasteiger partial charge on any atom is -0.374 e. The van der Waals surface area contributed by atoms with Crippen molar-refractivity contribution in [2.75, 3.05) is 33.0 Å². The molecule has 1 unspecified atom stereocenters. The Bertz CT molecular complexity index is 206. The summed E-state index contributed by atoms with van der Waals surface area (Å²) in [4.78, 5) is 0. The van der Waals surface area contributed by atoms with Gasteiger partial charge in [0.05, 0.1) is 6.61 Å². The van der Waals surface area contributed by atoms with Crippen LogP contribution in [-0.2, 0) is 22.8 Å². The lowest BCUT2D eigenvalue weighted by molar-refractivity contribution is -0.214. The third-order valence-corrected chi connectivity index (χ3v) is 6.08. The second kappa shape index (κ2) is 9.85. The Morgan fingerprint density at radius 1 is 1.00 bits per heavy atom. The van der Waals surface area contributed by atoms with Crippen molar-refractivity contribution in [3.05, 3.63) is 0 Å². The summed E-state index contributed by atoms with van der Waals surface area (Å²) in [5.41, 5.74) is 0. The summed E-state index contributed by atoms with van der Waals surface area (Å²) in [5.74, 6) is 0. The highest BCUT2D eigenvalue weighted by molar-refractivity contribution is 6.60. The largest absolute Gasteiger partial charge is 0.500 e. The van der Waals surface area contributed by atoms with E-state index >= 15 is 0 Å². The molecule has 1 aliphatic heterocycles. The zero-order valence-electron chi connectivity index (χ0n) is 12.5. The van der Waals surface area contributed by atoms with Gasteiger partial charge in [-0.1, -0.05) is 0 Å². The van der Waals surface area contributed by atoms with E-state index in [1.165, 1.54) is 0 Å². The first kappa shape index (κ1) is 17.1. The van der Waals surface area contributed by atoms with Crippen LogP contribution in [0.2, 0.25) is 6.04 Å². The van der Waals surface area contributed by atoms with Gasteiger partial charge in [0.2, 0.25) is 0 Å². The molecule has 0 N–H and O–H groups in total. The average Bonchev–Trinajstić information content (AvgIpc) is 2.32. The van der Waals surface area contributed by atoms with E-state index in [0.717, 1.165) is 38.5 Å². The summed E-state index contributed by atoms with van der Waals surface area (Å²) in [6, 6.07) is 0.859. The number of rotatable bonds is 12. The Balaban J connectivity index is 2.21. The van der Waals surface area contributed by atoms with Crippen molar-refractivity contribution < 1.29 is 22.8 Å². The number of ether oxygens (including phenoxy) is 2. The summed E-state index contributed by atoms with van der Waals surface area (Å²) in [7, 11) is -2.45. The van der Waals surface area contributed by atoms with Gasteiger partial charge in [0.25, 0.3) is 0 Å². The fourth-order valence-corrected chi connectivity index (χ4v) is 4.69. The lowest BCUT2D eigenvalue weighted by atomic mass is 10.3. The molecular weight excluding hydrogens is 264 g/mol. The number of hydrogen-bond acceptors (Lipinski definition) is 5. The molecule has 19 heavy (non-hydrogen) atoms. The van der Waals surface area contributed by atoms with Crippen molar-refractivity contribution in [3.63, 3.8) is 0 Å². The molecule has 0 aliphatic carbocycles. The van der Waals surface area contributed by atoms with Crippen molar-refractivity contribution >= 4 is 8.80 Å². The van der Waals surface area contributed by atoms with Crippen molar-refractivity contribution in [2.24, 2.45) is 0 Å². The lowest BCUT2D eigenvalue weighted by Crippen LogP contribution is -2.45. The molecule has 1 heterocycles. The van der Waals surface area contributed by atoms with Gasteiger partial charge in [-0.25, -0.2) is 0 Å². The molecule has 0 aromatic carbocycles. The maximum absolute atomic E-state index is 5.80. The molecule has 5 nitrogen and oxygen atoms in total. The van der Waals surface area contributed by atoms with Crippen molar-refractivity contribution in [3.8, 4) is 0 Å². The van der Waals surface area contributed by atoms with E-state index in [1.54, 1.807) is 0 Å². The van der Waals surface area contributed by atoms with Gasteiger partial charge in [-0.2, -0.15) is 0 Å². The van der Waals surface area contributed by atoms with E-state index in [2.05, 4.69) is 0 Å². The molecule has 1 atom stereocenters. The zero-order valence-corrected chi connectivity index (χ0v) is 13.5. The maximum Gasteiger partial charge on any atom is 0.500 e. The molecule has 1 fully saturated rings. The molecule has 0 bridgehead atoms. The van der Waals surface area contributed by atoms with E-state index in [0.29, 0.717) is 19.8 Å². The van der Waals surface area contributed by atoms with Crippen molar-refractivity contribution in [2.45, 2.75) is 52.4 Å². The van der Waals surface area contributed by atoms with Gasteiger partial charge < -0.3 is 22.8 Å². The average molecular weight is 292 g/mol. The minimum atomic E-state index is -2.45. The van der Waals surface area contributed by atoms with Gasteiger partial charge >= 0.3 is 8.80 Å². The van der Waals surface area contributed by atoms with Gasteiger partial charge in [0.15, 0.2) is 6.29 Å². The molecule has 1 saturated heterocycles. The molecule has 0 spiro atoms. The van der Waals surface area contributed by atoms with Crippen LogP contribution >= 0.6 is 0 Å². The van der Waals surface area contributed by atoms with Crippen molar-refractivity contribution in [1.29, 1.82) is 0 Å². The maximum atomic E-state index is 5.80. The van der Waals surface area contributed by atoms with Gasteiger partial charge in [-0.3, -0.25) is 0 Å². The Labute approximate surface area is 117 Å². The second-order valence-electron chi connectivity index (χ2n) is 4.40. The summed E-state index contributed by atoms with van der Waals surface area (Å²) in [6.07, 6.45) is 3.05. The van der Waals surface area contributed by atoms with Gasteiger partial charge in [0, 0.05) is 38.9 Å². The predicted molar refractivity (Wildman–Crippen MR) is 75.0 cm³/mol. The number of hydrogen-bond donors (Lipinski definition) is 0. The molecule has 0 radical (unpaired) electrons. The molecule has 114 valence electrons. The number of unbranched alkanes of at least 4 members (excludes halogenated alkanes) is 1. The highest BCUT2D eigenvalue weighted by atomic mass is 28.4. The summed E-state index contributed by atoms with van der Waals surface area (Å²) in [6.45, 7) is 9.43. The first-order valence-electron chi connectivity index (χ1n) is 7.41. The summed E-state index contributed by atoms with van der Waals surface area (Å²) in [5, 5.41) is 0. The molecule has 0 aromatic heterocycles. The topological polar surface area (TPSA) is 46.2 Å². The van der Waals surface area contributed by atoms with E-state index < -0.39 is 8.80 Å². The first-order chi connectivity index (χ1) is 9.26. The van der Waals surface area contributed by atoms with E-state index in [9.17, 15) is 0 Å². The normalized spacial score (nSPS) is 19.4. The highest BCUT2D eigenvalue weighted by Gasteiger charge is 2.39. The van der Waals surface area contributed by atoms with Crippen LogP contribution in [-0.4, -0.2) is 48.1 Å². The van der Waals surface area contributed by atoms with Crippen LogP contribution in [0.4, 0.5) is 0 Å². The van der Waals surface area contributed by atoms with Crippen LogP contribution < -0.4 is 0 Å². The van der Waals surface area contributed by atoms with Gasteiger partial charge in [-0.15, -0.1) is 0 Å². The fourth-order valence-electron chi connectivity index (χ4n) is 2.01. The third-order valence-electron chi connectivity index (χ3n) is 2.93. The van der Waals surface area contributed by atoms with Crippen molar-refractivity contribution in [1.82, 2.24) is 0 Å². The quantitative estimate of drug-likeness (QED) is 0.409. The Hall–Kier alpha value is 0.0169. The first-order valence-corrected chi connectivity index (χ1v) is 9.34. The lowest BCUT2D eigenvalue weighted by Gasteiger charge is -2.29. The standard InChI is InChI=1S/C13H28O5Si/c1-4-16-19(17-5-2,18-6-3)12-8-7-10-14-13-9-11-15-13/h13H,4-12H2,1-3H3. The smallest absolute Gasteiger partial charge is 0.374 e. The molecule has 1 aliphatic rings. The molecule has 0 aromatic rings. The predicted octanol–water partition coefficient (Wildman–Crippen LogP) is 2.58. The van der Waals surface area contributed by atoms with Crippen LogP contribution in [0.25, 0.3) is 0 Å². The molecule has 0 saturated carbocycles. The molecule has 0 amide bonds. The van der Waals surface area contributed by atoms with Gasteiger partial charge in [0.1, 0.15) is 0 Å². The minimum absolute atomic E-state index is 0.0349. The highest BCUT2D eigenvalue weighted by Crippen LogP contribution is 2.20. The molecular formula is C13H28O5Si. The third kappa shape index (κ3) is 6.33. The Morgan fingerprint density at radius 3 is 2.00 bits per heavy atom. The van der Waals surface area contributed by atoms with E-state index in [4.69, 9.17) is 22.8 Å². The van der Waals surface area contributed by atoms with E-state index in [1.807, 2.05) is 20.8 Å². The monoisotopic (exact) mass is 292 g/mol. The van der Waals surface area contributed by atoms with Crippen LogP contribution in [0.15, 0.2) is 0 Å². The van der Waals surface area contributed by atoms with Crippen LogP contribution in [0.5, 0.6) is 0 Å². The SMILES string of the molecule is CCO[Si](CCCCOC1CCO1)(OCC)OCC.